The molecule has 0 bridgehead atoms. The standard InChI is InChI=1S/C15H13N3O3S/c1-20-14(19)12-10(16)9-11(8-6-4-3-5-7-8)17-15(21-2)18-13(9)22-12/h3-7H,16H2,1-2H3. The second kappa shape index (κ2) is 5.61. The lowest BCUT2D eigenvalue weighted by Crippen LogP contribution is -2.02. The van der Waals surface area contributed by atoms with Crippen LogP contribution in [-0.2, 0) is 4.74 Å². The molecule has 0 amide bonds. The maximum Gasteiger partial charge on any atom is 0.350 e. The number of nitrogens with two attached hydrogens (primary N) is 1. The van der Waals surface area contributed by atoms with Crippen LogP contribution in [0.3, 0.4) is 0 Å². The Morgan fingerprint density at radius 2 is 1.91 bits per heavy atom. The van der Waals surface area contributed by atoms with Crippen LogP contribution in [0.15, 0.2) is 30.3 Å². The first-order valence-corrected chi connectivity index (χ1v) is 7.25. The second-order valence-corrected chi connectivity index (χ2v) is 5.44. The van der Waals surface area contributed by atoms with Gasteiger partial charge in [-0.05, 0) is 0 Å². The van der Waals surface area contributed by atoms with Crippen molar-refractivity contribution < 1.29 is 14.3 Å². The van der Waals surface area contributed by atoms with Gasteiger partial charge in [-0.3, -0.25) is 0 Å². The molecule has 0 saturated heterocycles. The molecule has 0 aliphatic heterocycles. The number of aromatic nitrogens is 2. The monoisotopic (exact) mass is 315 g/mol. The molecule has 0 saturated carbocycles. The molecule has 112 valence electrons. The Balaban J connectivity index is 2.35. The van der Waals surface area contributed by atoms with Gasteiger partial charge >= 0.3 is 12.0 Å². The van der Waals surface area contributed by atoms with Gasteiger partial charge in [-0.25, -0.2) is 4.79 Å². The van der Waals surface area contributed by atoms with Crippen LogP contribution in [0.25, 0.3) is 21.5 Å². The summed E-state index contributed by atoms with van der Waals surface area (Å²) in [5.41, 5.74) is 7.96. The summed E-state index contributed by atoms with van der Waals surface area (Å²) >= 11 is 1.16. The number of methoxy groups -OCH3 is 2. The Morgan fingerprint density at radius 1 is 1.18 bits per heavy atom. The second-order valence-electron chi connectivity index (χ2n) is 4.44. The minimum atomic E-state index is -0.488. The first-order chi connectivity index (χ1) is 10.7. The molecular weight excluding hydrogens is 302 g/mol. The van der Waals surface area contributed by atoms with Gasteiger partial charge in [-0.2, -0.15) is 9.97 Å². The molecule has 0 radical (unpaired) electrons. The molecule has 7 heteroatoms. The third-order valence-electron chi connectivity index (χ3n) is 3.17. The molecule has 0 unspecified atom stereocenters. The van der Waals surface area contributed by atoms with E-state index in [1.54, 1.807) is 0 Å². The van der Waals surface area contributed by atoms with Crippen molar-refractivity contribution in [2.45, 2.75) is 0 Å². The molecule has 6 nitrogen and oxygen atoms in total. The number of benzene rings is 1. The smallest absolute Gasteiger partial charge is 0.350 e. The summed E-state index contributed by atoms with van der Waals surface area (Å²) in [7, 11) is 2.81. The van der Waals surface area contributed by atoms with Gasteiger partial charge in [0.05, 0.1) is 31.0 Å². The highest BCUT2D eigenvalue weighted by molar-refractivity contribution is 7.21. The number of nitrogens with zero attached hydrogens (tertiary/aromatic N) is 2. The number of hydrogen-bond donors (Lipinski definition) is 1. The molecule has 2 aromatic heterocycles. The highest BCUT2D eigenvalue weighted by Crippen LogP contribution is 2.39. The van der Waals surface area contributed by atoms with Crippen molar-refractivity contribution in [1.82, 2.24) is 9.97 Å². The fourth-order valence-electron chi connectivity index (χ4n) is 2.14. The van der Waals surface area contributed by atoms with E-state index in [0.717, 1.165) is 16.9 Å². The normalized spacial score (nSPS) is 10.6. The van der Waals surface area contributed by atoms with Crippen molar-refractivity contribution in [3.05, 3.63) is 35.2 Å². The number of anilines is 1. The van der Waals surface area contributed by atoms with Crippen LogP contribution in [0, 0.1) is 0 Å². The SMILES string of the molecule is COC(=O)c1sc2nc(OC)nc(-c3ccccc3)c2c1N. The summed E-state index contributed by atoms with van der Waals surface area (Å²) in [4.78, 5) is 21.4. The molecule has 3 rings (SSSR count). The lowest BCUT2D eigenvalue weighted by Gasteiger charge is -2.06. The fourth-order valence-corrected chi connectivity index (χ4v) is 3.15. The van der Waals surface area contributed by atoms with Gasteiger partial charge in [-0.15, -0.1) is 11.3 Å². The number of ether oxygens (including phenoxy) is 2. The summed E-state index contributed by atoms with van der Waals surface area (Å²) in [5, 5.41) is 0.636. The van der Waals surface area contributed by atoms with E-state index >= 15 is 0 Å². The zero-order valence-corrected chi connectivity index (χ0v) is 12.8. The molecule has 0 atom stereocenters. The average molecular weight is 315 g/mol. The van der Waals surface area contributed by atoms with Gasteiger partial charge in [0.15, 0.2) is 0 Å². The van der Waals surface area contributed by atoms with Crippen molar-refractivity contribution in [2.24, 2.45) is 0 Å². The molecule has 0 fully saturated rings. The lowest BCUT2D eigenvalue weighted by molar-refractivity contribution is 0.0607. The van der Waals surface area contributed by atoms with Crippen molar-refractivity contribution in [3.8, 4) is 17.3 Å². The molecular formula is C15H13N3O3S. The summed E-state index contributed by atoms with van der Waals surface area (Å²) in [6.45, 7) is 0. The average Bonchev–Trinajstić information content (AvgIpc) is 2.91. The van der Waals surface area contributed by atoms with E-state index in [1.165, 1.54) is 14.2 Å². The number of nitrogen functional groups attached to an aromatic ring is 1. The number of hydrogen-bond acceptors (Lipinski definition) is 7. The van der Waals surface area contributed by atoms with Crippen molar-refractivity contribution in [2.75, 3.05) is 20.0 Å². The van der Waals surface area contributed by atoms with E-state index in [2.05, 4.69) is 9.97 Å². The van der Waals surface area contributed by atoms with E-state index in [9.17, 15) is 4.79 Å². The summed E-state index contributed by atoms with van der Waals surface area (Å²) in [5.74, 6) is -0.488. The van der Waals surface area contributed by atoms with Gasteiger partial charge in [0.1, 0.15) is 9.71 Å². The number of thiophene rings is 1. The quantitative estimate of drug-likeness (QED) is 0.748. The largest absolute Gasteiger partial charge is 0.467 e. The number of carbonyl (C=O) groups is 1. The lowest BCUT2D eigenvalue weighted by atomic mass is 10.1. The summed E-state index contributed by atoms with van der Waals surface area (Å²) in [6.07, 6.45) is 0. The van der Waals surface area contributed by atoms with Crippen molar-refractivity contribution in [3.63, 3.8) is 0 Å². The third kappa shape index (κ3) is 2.25. The Bertz CT molecular complexity index is 846. The predicted molar refractivity (Wildman–Crippen MR) is 85.2 cm³/mol. The maximum absolute atomic E-state index is 11.8. The Hall–Kier alpha value is -2.67. The summed E-state index contributed by atoms with van der Waals surface area (Å²) in [6, 6.07) is 9.77. The third-order valence-corrected chi connectivity index (χ3v) is 4.25. The van der Waals surface area contributed by atoms with Crippen LogP contribution in [0.2, 0.25) is 0 Å². The fraction of sp³-hybridized carbons (Fsp3) is 0.133. The zero-order chi connectivity index (χ0) is 15.7. The summed E-state index contributed by atoms with van der Waals surface area (Å²) < 4.78 is 9.91. The van der Waals surface area contributed by atoms with E-state index in [1.807, 2.05) is 30.3 Å². The van der Waals surface area contributed by atoms with Crippen LogP contribution in [0.5, 0.6) is 6.01 Å². The van der Waals surface area contributed by atoms with Crippen LogP contribution in [-0.4, -0.2) is 30.2 Å². The minimum Gasteiger partial charge on any atom is -0.467 e. The molecule has 0 aliphatic carbocycles. The molecule has 22 heavy (non-hydrogen) atoms. The van der Waals surface area contributed by atoms with Crippen molar-refractivity contribution >= 4 is 33.2 Å². The minimum absolute atomic E-state index is 0.226. The van der Waals surface area contributed by atoms with Crippen LogP contribution >= 0.6 is 11.3 Å². The number of esters is 1. The predicted octanol–water partition coefficient (Wildman–Crippen LogP) is 2.74. The molecule has 0 aliphatic rings. The van der Waals surface area contributed by atoms with E-state index in [4.69, 9.17) is 15.2 Å². The van der Waals surface area contributed by atoms with Gasteiger partial charge in [0.25, 0.3) is 0 Å². The first-order valence-electron chi connectivity index (χ1n) is 6.43. The Morgan fingerprint density at radius 3 is 2.55 bits per heavy atom. The van der Waals surface area contributed by atoms with Crippen molar-refractivity contribution in [1.29, 1.82) is 0 Å². The zero-order valence-electron chi connectivity index (χ0n) is 12.0. The van der Waals surface area contributed by atoms with Gasteiger partial charge in [0.2, 0.25) is 0 Å². The van der Waals surface area contributed by atoms with Gasteiger partial charge in [-0.1, -0.05) is 30.3 Å². The maximum atomic E-state index is 11.8. The number of rotatable bonds is 3. The van der Waals surface area contributed by atoms with E-state index in [-0.39, 0.29) is 6.01 Å². The first kappa shape index (κ1) is 14.3. The molecule has 0 spiro atoms. The van der Waals surface area contributed by atoms with Crippen LogP contribution in [0.1, 0.15) is 9.67 Å². The van der Waals surface area contributed by atoms with Crippen LogP contribution in [0.4, 0.5) is 5.69 Å². The molecule has 2 N–H and O–H groups in total. The van der Waals surface area contributed by atoms with Gasteiger partial charge < -0.3 is 15.2 Å². The highest BCUT2D eigenvalue weighted by Gasteiger charge is 2.22. The van der Waals surface area contributed by atoms with E-state index < -0.39 is 5.97 Å². The van der Waals surface area contributed by atoms with Crippen LogP contribution < -0.4 is 10.5 Å². The Kier molecular flexibility index (Phi) is 3.64. The molecule has 3 aromatic rings. The van der Waals surface area contributed by atoms with E-state index in [0.29, 0.717) is 26.5 Å². The molecule has 1 aromatic carbocycles. The number of carbonyl (C=O) groups excluding carboxylic acids is 1. The highest BCUT2D eigenvalue weighted by atomic mass is 32.1. The Labute approximate surface area is 130 Å². The molecule has 2 heterocycles. The topological polar surface area (TPSA) is 87.3 Å². The van der Waals surface area contributed by atoms with Gasteiger partial charge in [0, 0.05) is 5.56 Å². The number of fused-ring (bicyclic) bond motifs is 1.